The van der Waals surface area contributed by atoms with Gasteiger partial charge in [0.15, 0.2) is 0 Å². The standard InChI is InChI=1S/C23H24N4O2.C4H6S/c1-25-22(28)18-12-15-10-11-17(14-6-5-7-14)20(21(15)27-23(18)29)19(24)13-26-16-8-3-2-4-9-16;1-2-4-5-3-1/h2-4,8-14,26H,5-7,24H2,1H3,(H,25,28)(H,27,29);1,3H,2,4H2/b19-13-;. The summed E-state index contributed by atoms with van der Waals surface area (Å²) in [6.07, 6.45) is 8.66. The zero-order valence-electron chi connectivity index (χ0n) is 19.3. The first-order chi connectivity index (χ1) is 16.6. The van der Waals surface area contributed by atoms with Crippen molar-refractivity contribution in [3.05, 3.63) is 93.3 Å². The Hall–Kier alpha value is -3.45. The molecule has 5 N–H and O–H groups in total. The normalized spacial score (nSPS) is 15.4. The lowest BCUT2D eigenvalue weighted by molar-refractivity contribution is 0.0962. The van der Waals surface area contributed by atoms with Crippen LogP contribution >= 0.6 is 11.8 Å². The molecule has 7 heteroatoms. The Morgan fingerprint density at radius 2 is 1.97 bits per heavy atom. The molecule has 1 aliphatic carbocycles. The number of carbonyl (C=O) groups is 1. The molecule has 2 heterocycles. The number of amides is 1. The van der Waals surface area contributed by atoms with Gasteiger partial charge in [0, 0.05) is 30.3 Å². The highest BCUT2D eigenvalue weighted by atomic mass is 32.2. The van der Waals surface area contributed by atoms with Gasteiger partial charge in [-0.3, -0.25) is 9.59 Å². The molecule has 34 heavy (non-hydrogen) atoms. The minimum Gasteiger partial charge on any atom is -0.397 e. The molecule has 1 aromatic heterocycles. The van der Waals surface area contributed by atoms with Gasteiger partial charge < -0.3 is 21.4 Å². The fraction of sp³-hybridized carbons (Fsp3) is 0.259. The van der Waals surface area contributed by atoms with Crippen LogP contribution in [0.3, 0.4) is 0 Å². The van der Waals surface area contributed by atoms with Crippen molar-refractivity contribution in [1.82, 2.24) is 10.3 Å². The van der Waals surface area contributed by atoms with Crippen LogP contribution in [0.1, 0.15) is 53.1 Å². The largest absolute Gasteiger partial charge is 0.397 e. The van der Waals surface area contributed by atoms with Gasteiger partial charge in [0.1, 0.15) is 5.56 Å². The maximum atomic E-state index is 12.6. The molecule has 5 rings (SSSR count). The number of benzene rings is 2. The van der Waals surface area contributed by atoms with Crippen molar-refractivity contribution in [2.75, 3.05) is 18.1 Å². The summed E-state index contributed by atoms with van der Waals surface area (Å²) < 4.78 is 0. The monoisotopic (exact) mass is 474 g/mol. The molecule has 2 aromatic carbocycles. The Morgan fingerprint density at radius 1 is 1.18 bits per heavy atom. The Morgan fingerprint density at radius 3 is 2.56 bits per heavy atom. The van der Waals surface area contributed by atoms with E-state index in [1.54, 1.807) is 12.3 Å². The second-order valence-corrected chi connectivity index (χ2v) is 9.37. The van der Waals surface area contributed by atoms with Gasteiger partial charge in [0.2, 0.25) is 0 Å². The first kappa shape index (κ1) is 23.7. The lowest BCUT2D eigenvalue weighted by atomic mass is 9.77. The number of hydrogen-bond acceptors (Lipinski definition) is 5. The third kappa shape index (κ3) is 5.37. The number of nitrogens with one attached hydrogen (secondary N) is 3. The van der Waals surface area contributed by atoms with Gasteiger partial charge in [-0.2, -0.15) is 0 Å². The summed E-state index contributed by atoms with van der Waals surface area (Å²) in [5.41, 5.74) is 10.3. The molecule has 1 fully saturated rings. The summed E-state index contributed by atoms with van der Waals surface area (Å²) in [4.78, 5) is 27.5. The van der Waals surface area contributed by atoms with Gasteiger partial charge >= 0.3 is 0 Å². The van der Waals surface area contributed by atoms with E-state index >= 15 is 0 Å². The van der Waals surface area contributed by atoms with Gasteiger partial charge in [-0.25, -0.2) is 0 Å². The molecule has 1 saturated carbocycles. The van der Waals surface area contributed by atoms with E-state index in [1.807, 2.05) is 48.2 Å². The summed E-state index contributed by atoms with van der Waals surface area (Å²) in [6.45, 7) is 0. The first-order valence-electron chi connectivity index (χ1n) is 11.5. The maximum absolute atomic E-state index is 12.6. The number of rotatable bonds is 5. The smallest absolute Gasteiger partial charge is 0.261 e. The molecule has 1 amide bonds. The minimum atomic E-state index is -0.423. The van der Waals surface area contributed by atoms with Crippen LogP contribution in [0.15, 0.2) is 71.0 Å². The van der Waals surface area contributed by atoms with Gasteiger partial charge in [-0.1, -0.05) is 42.8 Å². The fourth-order valence-electron chi connectivity index (χ4n) is 4.07. The molecule has 2 aliphatic rings. The SMILES string of the molecule is C1=CSCC1.CNC(=O)c1cc2ccc(C3CCC3)c(/C(N)=C/Nc3ccccc3)c2[nH]c1=O. The molecule has 0 unspecified atom stereocenters. The summed E-state index contributed by atoms with van der Waals surface area (Å²) >= 11 is 1.89. The van der Waals surface area contributed by atoms with Crippen LogP contribution in [-0.2, 0) is 0 Å². The average molecular weight is 475 g/mol. The molecule has 0 radical (unpaired) electrons. The van der Waals surface area contributed by atoms with Crippen molar-refractivity contribution >= 4 is 40.0 Å². The third-order valence-corrected chi connectivity index (χ3v) is 6.98. The second-order valence-electron chi connectivity index (χ2n) is 8.35. The summed E-state index contributed by atoms with van der Waals surface area (Å²) in [7, 11) is 1.51. The molecule has 3 aromatic rings. The van der Waals surface area contributed by atoms with Crippen molar-refractivity contribution in [2.24, 2.45) is 5.73 Å². The second kappa shape index (κ2) is 11.1. The van der Waals surface area contributed by atoms with Crippen LogP contribution in [-0.4, -0.2) is 23.7 Å². The van der Waals surface area contributed by atoms with Crippen LogP contribution in [0.2, 0.25) is 0 Å². The molecule has 0 spiro atoms. The number of aromatic nitrogens is 1. The molecule has 0 atom stereocenters. The maximum Gasteiger partial charge on any atom is 0.261 e. The molecule has 6 nitrogen and oxygen atoms in total. The minimum absolute atomic E-state index is 0.0901. The number of pyridine rings is 1. The van der Waals surface area contributed by atoms with Crippen molar-refractivity contribution in [2.45, 2.75) is 31.6 Å². The van der Waals surface area contributed by atoms with E-state index in [0.717, 1.165) is 35.0 Å². The highest BCUT2D eigenvalue weighted by Crippen LogP contribution is 2.41. The molecule has 0 saturated heterocycles. The number of allylic oxidation sites excluding steroid dienone is 1. The number of nitrogens with two attached hydrogens (primary N) is 1. The highest BCUT2D eigenvalue weighted by molar-refractivity contribution is 8.02. The van der Waals surface area contributed by atoms with Crippen molar-refractivity contribution < 1.29 is 4.79 Å². The first-order valence-corrected chi connectivity index (χ1v) is 12.6. The summed E-state index contributed by atoms with van der Waals surface area (Å²) in [6, 6.07) is 15.4. The highest BCUT2D eigenvalue weighted by Gasteiger charge is 2.25. The number of thioether (sulfide) groups is 1. The lowest BCUT2D eigenvalue weighted by Gasteiger charge is -2.28. The molecule has 1 aliphatic heterocycles. The summed E-state index contributed by atoms with van der Waals surface area (Å²) in [5.74, 6) is 1.33. The van der Waals surface area contributed by atoms with E-state index in [2.05, 4.69) is 33.2 Å². The van der Waals surface area contributed by atoms with E-state index in [9.17, 15) is 9.59 Å². The zero-order chi connectivity index (χ0) is 23.9. The van der Waals surface area contributed by atoms with E-state index in [0.29, 0.717) is 17.1 Å². The van der Waals surface area contributed by atoms with Crippen molar-refractivity contribution in [3.63, 3.8) is 0 Å². The van der Waals surface area contributed by atoms with E-state index < -0.39 is 11.5 Å². The number of carbonyl (C=O) groups excluding carboxylic acids is 1. The Bertz CT molecular complexity index is 1270. The van der Waals surface area contributed by atoms with Gasteiger partial charge in [-0.05, 0) is 59.7 Å². The third-order valence-electron chi connectivity index (χ3n) is 6.12. The van der Waals surface area contributed by atoms with Crippen molar-refractivity contribution in [1.29, 1.82) is 0 Å². The number of aromatic amines is 1. The van der Waals surface area contributed by atoms with Crippen LogP contribution in [0, 0.1) is 0 Å². The molecule has 0 bridgehead atoms. The number of hydrogen-bond donors (Lipinski definition) is 4. The Kier molecular flexibility index (Phi) is 7.75. The van der Waals surface area contributed by atoms with Gasteiger partial charge in [0.05, 0.1) is 11.2 Å². The van der Waals surface area contributed by atoms with Crippen molar-refractivity contribution in [3.8, 4) is 0 Å². The average Bonchev–Trinajstić information content (AvgIpc) is 3.41. The lowest BCUT2D eigenvalue weighted by Crippen LogP contribution is -2.27. The Balaban J connectivity index is 0.000000486. The van der Waals surface area contributed by atoms with E-state index in [1.165, 1.54) is 25.6 Å². The van der Waals surface area contributed by atoms with Gasteiger partial charge in [0.25, 0.3) is 11.5 Å². The number of para-hydroxylation sites is 1. The molecule has 176 valence electrons. The van der Waals surface area contributed by atoms with Crippen LogP contribution in [0.25, 0.3) is 16.6 Å². The van der Waals surface area contributed by atoms with Gasteiger partial charge in [-0.15, -0.1) is 11.8 Å². The Labute approximate surface area is 203 Å². The zero-order valence-corrected chi connectivity index (χ0v) is 20.1. The van der Waals surface area contributed by atoms with Crippen LogP contribution < -0.4 is 21.9 Å². The molecular weight excluding hydrogens is 444 g/mol. The van der Waals surface area contributed by atoms with E-state index in [4.69, 9.17) is 5.73 Å². The van der Waals surface area contributed by atoms with Crippen LogP contribution in [0.4, 0.5) is 5.69 Å². The van der Waals surface area contributed by atoms with Crippen LogP contribution in [0.5, 0.6) is 0 Å². The predicted octanol–water partition coefficient (Wildman–Crippen LogP) is 5.16. The topological polar surface area (TPSA) is 100 Å². The predicted molar refractivity (Wildman–Crippen MR) is 143 cm³/mol. The fourth-order valence-corrected chi connectivity index (χ4v) is 4.75. The molecular formula is C27H30N4O2S. The number of fused-ring (bicyclic) bond motifs is 1. The number of anilines is 1. The number of H-pyrrole nitrogens is 1. The van der Waals surface area contributed by atoms with E-state index in [-0.39, 0.29) is 5.56 Å². The summed E-state index contributed by atoms with van der Waals surface area (Å²) in [5, 5.41) is 8.65. The quantitative estimate of drug-likeness (QED) is 0.409.